The predicted octanol–water partition coefficient (Wildman–Crippen LogP) is 1.26. The number of amides is 1. The zero-order valence-corrected chi connectivity index (χ0v) is 13.4. The minimum Gasteiger partial charge on any atom is -0.349 e. The number of carbonyl (C=O) groups is 1. The topological polar surface area (TPSA) is 39.1 Å². The van der Waals surface area contributed by atoms with Crippen LogP contribution in [0.5, 0.6) is 0 Å². The quantitative estimate of drug-likeness (QED) is 0.559. The third kappa shape index (κ3) is 3.39. The molecule has 0 N–H and O–H groups in total. The Morgan fingerprint density at radius 2 is 2.00 bits per heavy atom. The summed E-state index contributed by atoms with van der Waals surface area (Å²) in [7, 11) is 3.95. The van der Waals surface area contributed by atoms with Gasteiger partial charge in [-0.1, -0.05) is 0 Å². The third-order valence-electron chi connectivity index (χ3n) is 3.32. The second-order valence-corrected chi connectivity index (χ2v) is 6.19. The molecule has 0 bridgehead atoms. The molecule has 1 aliphatic rings. The van der Waals surface area contributed by atoms with Crippen molar-refractivity contribution in [1.82, 2.24) is 14.7 Å². The SMILES string of the molecule is CCN=C(N(C)C)N1CC(=O)N(C(C)C)C(C)(C)C1. The van der Waals surface area contributed by atoms with Crippen LogP contribution in [0.4, 0.5) is 0 Å². The lowest BCUT2D eigenvalue weighted by molar-refractivity contribution is -0.145. The van der Waals surface area contributed by atoms with Gasteiger partial charge in [0.05, 0.1) is 12.1 Å². The molecule has 0 atom stereocenters. The Labute approximate surface area is 117 Å². The highest BCUT2D eigenvalue weighted by Crippen LogP contribution is 2.24. The minimum absolute atomic E-state index is 0.173. The van der Waals surface area contributed by atoms with Crippen LogP contribution in [0.3, 0.4) is 0 Å². The molecule has 1 fully saturated rings. The van der Waals surface area contributed by atoms with E-state index in [4.69, 9.17) is 0 Å². The van der Waals surface area contributed by atoms with Crippen LogP contribution in [0.1, 0.15) is 34.6 Å². The average Bonchev–Trinajstić information content (AvgIpc) is 2.21. The fraction of sp³-hybridized carbons (Fsp3) is 0.857. The van der Waals surface area contributed by atoms with Crippen molar-refractivity contribution in [3.63, 3.8) is 0 Å². The third-order valence-corrected chi connectivity index (χ3v) is 3.32. The van der Waals surface area contributed by atoms with Gasteiger partial charge in [-0.2, -0.15) is 0 Å². The van der Waals surface area contributed by atoms with Crippen LogP contribution >= 0.6 is 0 Å². The molecule has 1 saturated heterocycles. The van der Waals surface area contributed by atoms with Crippen LogP contribution in [-0.4, -0.2) is 71.9 Å². The van der Waals surface area contributed by atoms with Crippen molar-refractivity contribution in [3.05, 3.63) is 0 Å². The maximum Gasteiger partial charge on any atom is 0.242 e. The highest BCUT2D eigenvalue weighted by molar-refractivity contribution is 5.88. The molecule has 0 unspecified atom stereocenters. The van der Waals surface area contributed by atoms with Crippen molar-refractivity contribution < 1.29 is 4.79 Å². The molecule has 19 heavy (non-hydrogen) atoms. The van der Waals surface area contributed by atoms with E-state index in [0.717, 1.165) is 19.0 Å². The van der Waals surface area contributed by atoms with Crippen molar-refractivity contribution in [2.24, 2.45) is 4.99 Å². The van der Waals surface area contributed by atoms with E-state index < -0.39 is 0 Å². The van der Waals surface area contributed by atoms with Crippen LogP contribution in [0.15, 0.2) is 4.99 Å². The van der Waals surface area contributed by atoms with Gasteiger partial charge in [-0.05, 0) is 34.6 Å². The molecule has 5 nitrogen and oxygen atoms in total. The summed E-state index contributed by atoms with van der Waals surface area (Å²) in [5, 5.41) is 0. The van der Waals surface area contributed by atoms with Crippen molar-refractivity contribution in [1.29, 1.82) is 0 Å². The summed E-state index contributed by atoms with van der Waals surface area (Å²) in [4.78, 5) is 23.0. The summed E-state index contributed by atoms with van der Waals surface area (Å²) in [6.45, 7) is 12.4. The highest BCUT2D eigenvalue weighted by Gasteiger charge is 2.40. The van der Waals surface area contributed by atoms with Gasteiger partial charge in [0, 0.05) is 33.2 Å². The summed E-state index contributed by atoms with van der Waals surface area (Å²) in [5.74, 6) is 1.07. The van der Waals surface area contributed by atoms with Gasteiger partial charge in [0.1, 0.15) is 0 Å². The van der Waals surface area contributed by atoms with Gasteiger partial charge in [0.15, 0.2) is 5.96 Å². The van der Waals surface area contributed by atoms with E-state index in [1.165, 1.54) is 0 Å². The highest BCUT2D eigenvalue weighted by atomic mass is 16.2. The molecule has 0 spiro atoms. The van der Waals surface area contributed by atoms with Gasteiger partial charge in [0.2, 0.25) is 5.91 Å². The van der Waals surface area contributed by atoms with E-state index in [9.17, 15) is 4.79 Å². The number of hydrogen-bond acceptors (Lipinski definition) is 2. The number of carbonyl (C=O) groups excluding carboxylic acids is 1. The molecular formula is C14H28N4O. The lowest BCUT2D eigenvalue weighted by Gasteiger charge is -2.50. The Morgan fingerprint density at radius 3 is 2.37 bits per heavy atom. The normalized spacial score (nSPS) is 20.2. The minimum atomic E-state index is -0.173. The largest absolute Gasteiger partial charge is 0.349 e. The molecule has 5 heteroatoms. The Bertz CT molecular complexity index is 360. The molecular weight excluding hydrogens is 240 g/mol. The molecule has 1 rings (SSSR count). The Kier molecular flexibility index (Phi) is 4.82. The molecule has 0 aromatic rings. The van der Waals surface area contributed by atoms with Crippen molar-refractivity contribution in [2.45, 2.75) is 46.2 Å². The fourth-order valence-corrected chi connectivity index (χ4v) is 2.97. The maximum absolute atomic E-state index is 12.4. The number of nitrogens with zero attached hydrogens (tertiary/aromatic N) is 4. The standard InChI is InChI=1S/C14H28N4O/c1-8-15-13(16(6)7)17-9-12(19)18(11(2)3)14(4,5)10-17/h11H,8-10H2,1-7H3. The second-order valence-electron chi connectivity index (χ2n) is 6.19. The first-order chi connectivity index (χ1) is 8.70. The van der Waals surface area contributed by atoms with Crippen molar-refractivity contribution in [2.75, 3.05) is 33.7 Å². The first-order valence-electron chi connectivity index (χ1n) is 6.99. The second kappa shape index (κ2) is 5.80. The Hall–Kier alpha value is -1.26. The molecule has 0 aliphatic carbocycles. The van der Waals surface area contributed by atoms with Crippen LogP contribution in [-0.2, 0) is 4.79 Å². The summed E-state index contributed by atoms with van der Waals surface area (Å²) in [5.41, 5.74) is -0.173. The smallest absolute Gasteiger partial charge is 0.242 e. The molecule has 1 amide bonds. The van der Waals surface area contributed by atoms with E-state index in [0.29, 0.717) is 6.54 Å². The maximum atomic E-state index is 12.4. The average molecular weight is 268 g/mol. The van der Waals surface area contributed by atoms with Crippen LogP contribution in [0.25, 0.3) is 0 Å². The Balaban J connectivity index is 3.00. The monoisotopic (exact) mass is 268 g/mol. The molecule has 0 radical (unpaired) electrons. The van der Waals surface area contributed by atoms with E-state index in [1.54, 1.807) is 0 Å². The first kappa shape index (κ1) is 15.8. The molecule has 1 aliphatic heterocycles. The summed E-state index contributed by atoms with van der Waals surface area (Å²) < 4.78 is 0. The van der Waals surface area contributed by atoms with Gasteiger partial charge >= 0.3 is 0 Å². The van der Waals surface area contributed by atoms with Gasteiger partial charge in [-0.25, -0.2) is 0 Å². The Morgan fingerprint density at radius 1 is 1.42 bits per heavy atom. The van der Waals surface area contributed by atoms with Gasteiger partial charge in [-0.3, -0.25) is 9.79 Å². The van der Waals surface area contributed by atoms with Crippen LogP contribution in [0, 0.1) is 0 Å². The summed E-state index contributed by atoms with van der Waals surface area (Å²) in [6.07, 6.45) is 0. The van der Waals surface area contributed by atoms with Crippen molar-refractivity contribution >= 4 is 11.9 Å². The number of rotatable bonds is 2. The van der Waals surface area contributed by atoms with E-state index in [-0.39, 0.29) is 17.5 Å². The first-order valence-corrected chi connectivity index (χ1v) is 6.99. The lowest BCUT2D eigenvalue weighted by Crippen LogP contribution is -2.66. The zero-order valence-electron chi connectivity index (χ0n) is 13.4. The van der Waals surface area contributed by atoms with Gasteiger partial charge in [-0.15, -0.1) is 0 Å². The molecule has 110 valence electrons. The van der Waals surface area contributed by atoms with Gasteiger partial charge < -0.3 is 14.7 Å². The predicted molar refractivity (Wildman–Crippen MR) is 79.3 cm³/mol. The fourth-order valence-electron chi connectivity index (χ4n) is 2.97. The number of piperazine rings is 1. The van der Waals surface area contributed by atoms with Crippen LogP contribution < -0.4 is 0 Å². The van der Waals surface area contributed by atoms with E-state index in [1.807, 2.05) is 30.8 Å². The van der Waals surface area contributed by atoms with Gasteiger partial charge in [0.25, 0.3) is 0 Å². The number of hydrogen-bond donors (Lipinski definition) is 0. The van der Waals surface area contributed by atoms with E-state index in [2.05, 4.69) is 37.6 Å². The molecule has 1 heterocycles. The molecule has 0 aromatic heterocycles. The molecule has 0 aromatic carbocycles. The molecule has 0 saturated carbocycles. The summed E-state index contributed by atoms with van der Waals surface area (Å²) in [6, 6.07) is 0.232. The van der Waals surface area contributed by atoms with Crippen LogP contribution in [0.2, 0.25) is 0 Å². The number of guanidine groups is 1. The van der Waals surface area contributed by atoms with E-state index >= 15 is 0 Å². The summed E-state index contributed by atoms with van der Waals surface area (Å²) >= 11 is 0. The number of aliphatic imine (C=N–C) groups is 1. The zero-order chi connectivity index (χ0) is 14.8. The van der Waals surface area contributed by atoms with Crippen molar-refractivity contribution in [3.8, 4) is 0 Å². The lowest BCUT2D eigenvalue weighted by atomic mass is 9.96.